The average molecular weight is 478 g/mol. The Balaban J connectivity index is 3.31. The number of ether oxygens (including phenoxy) is 3. The fraction of sp³-hybridized carbons (Fsp3) is 0.571. The minimum absolute atomic E-state index is 0.00913. The number of hydrogen-bond acceptors (Lipinski definition) is 6. The summed E-state index contributed by atoms with van der Waals surface area (Å²) in [5.74, 6) is -1.16. The van der Waals surface area contributed by atoms with E-state index in [0.717, 1.165) is 5.01 Å². The monoisotopic (exact) mass is 478 g/mol. The summed E-state index contributed by atoms with van der Waals surface area (Å²) in [6.45, 7) is 7.42. The largest absolute Gasteiger partial charge is 0.522 e. The third-order valence-electron chi connectivity index (χ3n) is 3.60. The highest BCUT2D eigenvalue weighted by Crippen LogP contribution is 2.20. The predicted octanol–water partition coefficient (Wildman–Crippen LogP) is 4.81. The molecule has 2 amide bonds. The average Bonchev–Trinajstić information content (AvgIpc) is 2.60. The molecule has 0 aliphatic carbocycles. The fourth-order valence-corrected chi connectivity index (χ4v) is 2.36. The van der Waals surface area contributed by atoms with Gasteiger partial charge in [0.25, 0.3) is 0 Å². The minimum atomic E-state index is -4.94. The highest BCUT2D eigenvalue weighted by atomic mass is 19.4. The number of nitrogens with zero attached hydrogens (tertiary/aromatic N) is 2. The van der Waals surface area contributed by atoms with E-state index in [9.17, 15) is 27.6 Å². The molecule has 0 radical (unpaired) electrons. The molecule has 1 N–H and O–H groups in total. The van der Waals surface area contributed by atoms with Gasteiger partial charge in [-0.3, -0.25) is 4.74 Å². The number of benzene rings is 1. The van der Waals surface area contributed by atoms with Gasteiger partial charge in [-0.25, -0.2) is 24.4 Å². The summed E-state index contributed by atoms with van der Waals surface area (Å²) in [6, 6.07) is 5.38. The number of hydrogen-bond donors (Lipinski definition) is 1. The molecule has 0 aliphatic rings. The number of alkyl halides is 3. The van der Waals surface area contributed by atoms with Crippen molar-refractivity contribution in [1.29, 1.82) is 0 Å². The zero-order chi connectivity index (χ0) is 25.6. The zero-order valence-corrected chi connectivity index (χ0v) is 19.4. The van der Waals surface area contributed by atoms with Gasteiger partial charge in [-0.1, -0.05) is 12.1 Å². The first-order valence-corrected chi connectivity index (χ1v) is 9.92. The topological polar surface area (TPSA) is 106 Å². The van der Waals surface area contributed by atoms with Crippen LogP contribution in [0.1, 0.15) is 57.5 Å². The number of rotatable bonds is 6. The van der Waals surface area contributed by atoms with Crippen molar-refractivity contribution < 1.29 is 46.9 Å². The highest BCUT2D eigenvalue weighted by molar-refractivity contribution is 5.87. The van der Waals surface area contributed by atoms with Gasteiger partial charge in [-0.2, -0.15) is 0 Å². The summed E-state index contributed by atoms with van der Waals surface area (Å²) in [5, 5.41) is 10.5. The summed E-state index contributed by atoms with van der Waals surface area (Å²) in [4.78, 5) is 36.8. The van der Waals surface area contributed by atoms with Crippen molar-refractivity contribution in [3.63, 3.8) is 0 Å². The third-order valence-corrected chi connectivity index (χ3v) is 3.60. The van der Waals surface area contributed by atoms with Gasteiger partial charge in [0.2, 0.25) is 0 Å². The summed E-state index contributed by atoms with van der Waals surface area (Å²) in [5.41, 5.74) is -1.62. The van der Waals surface area contributed by atoms with Crippen molar-refractivity contribution in [3.05, 3.63) is 35.4 Å². The molecular formula is C21H29F3N2O7. The van der Waals surface area contributed by atoms with Crippen LogP contribution in [0.15, 0.2) is 24.3 Å². The van der Waals surface area contributed by atoms with Gasteiger partial charge in [0.15, 0.2) is 0 Å². The Morgan fingerprint density at radius 3 is 1.70 bits per heavy atom. The Bertz CT molecular complexity index is 828. The molecule has 1 aromatic rings. The molecule has 0 unspecified atom stereocenters. The van der Waals surface area contributed by atoms with Crippen LogP contribution in [0.25, 0.3) is 0 Å². The quantitative estimate of drug-likeness (QED) is 0.585. The first-order valence-electron chi connectivity index (χ1n) is 9.92. The van der Waals surface area contributed by atoms with Crippen LogP contribution < -0.4 is 0 Å². The normalized spacial score (nSPS) is 12.2. The van der Waals surface area contributed by atoms with Gasteiger partial charge in [0.1, 0.15) is 11.2 Å². The maximum absolute atomic E-state index is 12.9. The van der Waals surface area contributed by atoms with Crippen LogP contribution in [-0.2, 0) is 20.8 Å². The molecule has 0 bridgehead atoms. The number of carbonyl (C=O) groups excluding carboxylic acids is 2. The Labute approximate surface area is 190 Å². The SMILES string of the molecule is CC(C)(C)OC(=O)N(CCOC(F)(F)F)N(Cc1ccc(C(=O)O)cc1)C(=O)OC(C)(C)C. The van der Waals surface area contributed by atoms with Gasteiger partial charge in [0.05, 0.1) is 25.3 Å². The van der Waals surface area contributed by atoms with Crippen LogP contribution in [-0.4, -0.2) is 64.0 Å². The Morgan fingerprint density at radius 1 is 0.848 bits per heavy atom. The molecule has 1 aromatic carbocycles. The van der Waals surface area contributed by atoms with E-state index in [1.54, 1.807) is 41.5 Å². The molecule has 0 saturated carbocycles. The van der Waals surface area contributed by atoms with Crippen molar-refractivity contribution in [2.45, 2.75) is 65.7 Å². The van der Waals surface area contributed by atoms with Crippen LogP contribution in [0, 0.1) is 0 Å². The molecular weight excluding hydrogens is 449 g/mol. The van der Waals surface area contributed by atoms with Crippen molar-refractivity contribution in [2.75, 3.05) is 13.2 Å². The zero-order valence-electron chi connectivity index (χ0n) is 19.4. The first-order chi connectivity index (χ1) is 14.9. The summed E-state index contributed by atoms with van der Waals surface area (Å²) < 4.78 is 51.8. The molecule has 186 valence electrons. The number of aromatic carboxylic acids is 1. The molecule has 0 saturated heterocycles. The second-order valence-electron chi connectivity index (χ2n) is 8.94. The smallest absolute Gasteiger partial charge is 0.478 e. The predicted molar refractivity (Wildman–Crippen MR) is 110 cm³/mol. The first kappa shape index (κ1) is 28.0. The van der Waals surface area contributed by atoms with E-state index < -0.39 is 48.9 Å². The Kier molecular flexibility index (Phi) is 9.11. The van der Waals surface area contributed by atoms with Crippen molar-refractivity contribution >= 4 is 18.2 Å². The van der Waals surface area contributed by atoms with Gasteiger partial charge in [-0.15, -0.1) is 13.2 Å². The lowest BCUT2D eigenvalue weighted by molar-refractivity contribution is -0.325. The number of carbonyl (C=O) groups is 3. The molecule has 33 heavy (non-hydrogen) atoms. The van der Waals surface area contributed by atoms with Crippen LogP contribution in [0.2, 0.25) is 0 Å². The van der Waals surface area contributed by atoms with Crippen LogP contribution in [0.4, 0.5) is 22.8 Å². The summed E-state index contributed by atoms with van der Waals surface area (Å²) in [6.07, 6.45) is -7.06. The molecule has 0 aliphatic heterocycles. The van der Waals surface area contributed by atoms with Crippen molar-refractivity contribution in [3.8, 4) is 0 Å². The van der Waals surface area contributed by atoms with E-state index in [-0.39, 0.29) is 12.1 Å². The van der Waals surface area contributed by atoms with Crippen molar-refractivity contribution in [1.82, 2.24) is 10.0 Å². The van der Waals surface area contributed by atoms with E-state index in [0.29, 0.717) is 10.6 Å². The number of carboxylic acids is 1. The Morgan fingerprint density at radius 2 is 1.30 bits per heavy atom. The highest BCUT2D eigenvalue weighted by Gasteiger charge is 2.35. The number of carboxylic acid groups (broad SMARTS) is 1. The van der Waals surface area contributed by atoms with E-state index in [1.807, 2.05) is 0 Å². The number of hydrazine groups is 1. The van der Waals surface area contributed by atoms with Gasteiger partial charge in [-0.05, 0) is 59.2 Å². The van der Waals surface area contributed by atoms with E-state index in [2.05, 4.69) is 4.74 Å². The van der Waals surface area contributed by atoms with E-state index in [1.165, 1.54) is 24.3 Å². The van der Waals surface area contributed by atoms with Gasteiger partial charge in [0, 0.05) is 0 Å². The molecule has 1 rings (SSSR count). The summed E-state index contributed by atoms with van der Waals surface area (Å²) in [7, 11) is 0. The molecule has 0 aromatic heterocycles. The van der Waals surface area contributed by atoms with Crippen LogP contribution >= 0.6 is 0 Å². The fourth-order valence-electron chi connectivity index (χ4n) is 2.36. The molecule has 0 atom stereocenters. The molecule has 12 heteroatoms. The number of halogens is 3. The molecule has 0 fully saturated rings. The lowest BCUT2D eigenvalue weighted by Gasteiger charge is -2.36. The lowest BCUT2D eigenvalue weighted by Crippen LogP contribution is -2.53. The molecule has 0 heterocycles. The van der Waals surface area contributed by atoms with E-state index in [4.69, 9.17) is 14.6 Å². The van der Waals surface area contributed by atoms with E-state index >= 15 is 0 Å². The third kappa shape index (κ3) is 10.9. The number of amides is 2. The lowest BCUT2D eigenvalue weighted by atomic mass is 10.1. The standard InChI is InChI=1S/C21H29F3N2O7/c1-19(2,3)32-17(29)25(11-12-31-21(22,23)24)26(18(30)33-20(4,5)6)13-14-7-9-15(10-8-14)16(27)28/h7-10H,11-13H2,1-6H3,(H,27,28). The molecule has 9 nitrogen and oxygen atoms in total. The summed E-state index contributed by atoms with van der Waals surface area (Å²) >= 11 is 0. The van der Waals surface area contributed by atoms with Crippen molar-refractivity contribution in [2.24, 2.45) is 0 Å². The van der Waals surface area contributed by atoms with Crippen LogP contribution in [0.5, 0.6) is 0 Å². The Hall–Kier alpha value is -3.02. The van der Waals surface area contributed by atoms with Crippen LogP contribution in [0.3, 0.4) is 0 Å². The minimum Gasteiger partial charge on any atom is -0.478 e. The second kappa shape index (κ2) is 10.7. The second-order valence-corrected chi connectivity index (χ2v) is 8.94. The maximum atomic E-state index is 12.9. The van der Waals surface area contributed by atoms with Gasteiger partial charge < -0.3 is 14.6 Å². The molecule has 0 spiro atoms. The maximum Gasteiger partial charge on any atom is 0.522 e. The van der Waals surface area contributed by atoms with Gasteiger partial charge >= 0.3 is 24.5 Å².